The van der Waals surface area contributed by atoms with Crippen molar-refractivity contribution in [2.45, 2.75) is 32.7 Å². The Labute approximate surface area is 126 Å². The lowest BCUT2D eigenvalue weighted by Crippen LogP contribution is -2.37. The fraction of sp³-hybridized carbons (Fsp3) is 0.471. The minimum absolute atomic E-state index is 0.481. The van der Waals surface area contributed by atoms with Gasteiger partial charge in [-0.15, -0.1) is 0 Å². The summed E-state index contributed by atoms with van der Waals surface area (Å²) in [6.45, 7) is 6.01. The quantitative estimate of drug-likeness (QED) is 0.792. The molecule has 0 saturated carbocycles. The van der Waals surface area contributed by atoms with Crippen LogP contribution in [0.1, 0.15) is 26.7 Å². The smallest absolute Gasteiger partial charge is 0.0956 e. The number of nitrogens with two attached hydrogens (primary N) is 1. The Morgan fingerprint density at radius 2 is 2.00 bits per heavy atom. The van der Waals surface area contributed by atoms with Gasteiger partial charge in [-0.05, 0) is 37.1 Å². The Morgan fingerprint density at radius 3 is 2.67 bits per heavy atom. The van der Waals surface area contributed by atoms with E-state index < -0.39 is 0 Å². The number of fused-ring (bicyclic) bond motifs is 1. The third-order valence-corrected chi connectivity index (χ3v) is 4.01. The van der Waals surface area contributed by atoms with E-state index in [1.807, 2.05) is 24.4 Å². The van der Waals surface area contributed by atoms with E-state index in [1.54, 1.807) is 7.11 Å². The predicted molar refractivity (Wildman–Crippen MR) is 89.7 cm³/mol. The molecule has 0 radical (unpaired) electrons. The van der Waals surface area contributed by atoms with Crippen molar-refractivity contribution in [3.8, 4) is 0 Å². The van der Waals surface area contributed by atoms with Crippen LogP contribution >= 0.6 is 0 Å². The molecule has 1 aromatic carbocycles. The van der Waals surface area contributed by atoms with Crippen molar-refractivity contribution in [1.82, 2.24) is 4.98 Å². The van der Waals surface area contributed by atoms with Crippen molar-refractivity contribution >= 4 is 22.3 Å². The summed E-state index contributed by atoms with van der Waals surface area (Å²) in [4.78, 5) is 6.96. The van der Waals surface area contributed by atoms with Crippen LogP contribution in [0.25, 0.3) is 10.9 Å². The molecule has 0 bridgehead atoms. The first-order valence-electron chi connectivity index (χ1n) is 7.61. The zero-order valence-corrected chi connectivity index (χ0v) is 13.2. The van der Waals surface area contributed by atoms with Crippen LogP contribution in [0.4, 0.5) is 11.4 Å². The Hall–Kier alpha value is -1.81. The van der Waals surface area contributed by atoms with Gasteiger partial charge in [0.1, 0.15) is 0 Å². The fourth-order valence-corrected chi connectivity index (χ4v) is 2.83. The number of anilines is 2. The number of nitrogens with zero attached hydrogens (tertiary/aromatic N) is 2. The van der Waals surface area contributed by atoms with Gasteiger partial charge in [-0.25, -0.2) is 0 Å². The topological polar surface area (TPSA) is 51.4 Å². The van der Waals surface area contributed by atoms with Gasteiger partial charge in [0.15, 0.2) is 0 Å². The summed E-state index contributed by atoms with van der Waals surface area (Å²) in [5.74, 6) is 0. The lowest BCUT2D eigenvalue weighted by molar-refractivity contribution is 0.202. The monoisotopic (exact) mass is 287 g/mol. The summed E-state index contributed by atoms with van der Waals surface area (Å²) in [7, 11) is 1.74. The average Bonchev–Trinajstić information content (AvgIpc) is 2.53. The fourth-order valence-electron chi connectivity index (χ4n) is 2.83. The van der Waals surface area contributed by atoms with Gasteiger partial charge in [-0.3, -0.25) is 4.98 Å². The van der Waals surface area contributed by atoms with E-state index in [2.05, 4.69) is 29.8 Å². The molecule has 0 saturated heterocycles. The van der Waals surface area contributed by atoms with Gasteiger partial charge in [-0.2, -0.15) is 0 Å². The zero-order chi connectivity index (χ0) is 15.2. The summed E-state index contributed by atoms with van der Waals surface area (Å²) in [6.07, 6.45) is 4.02. The number of benzene rings is 1. The summed E-state index contributed by atoms with van der Waals surface area (Å²) < 4.78 is 5.28. The van der Waals surface area contributed by atoms with E-state index in [0.717, 1.165) is 41.7 Å². The predicted octanol–water partition coefficient (Wildman–Crippen LogP) is 3.46. The highest BCUT2D eigenvalue weighted by atomic mass is 16.5. The van der Waals surface area contributed by atoms with Gasteiger partial charge >= 0.3 is 0 Å². The number of aromatic nitrogens is 1. The summed E-state index contributed by atoms with van der Waals surface area (Å²) in [5.41, 5.74) is 8.98. The molecular weight excluding hydrogens is 262 g/mol. The summed E-state index contributed by atoms with van der Waals surface area (Å²) in [6, 6.07) is 8.50. The molecule has 0 aliphatic carbocycles. The molecule has 0 amide bonds. The number of ether oxygens (including phenoxy) is 1. The molecule has 0 atom stereocenters. The molecule has 0 aliphatic heterocycles. The van der Waals surface area contributed by atoms with Crippen LogP contribution in [0.5, 0.6) is 0 Å². The van der Waals surface area contributed by atoms with Crippen LogP contribution in [0, 0.1) is 0 Å². The van der Waals surface area contributed by atoms with Gasteiger partial charge in [0.05, 0.1) is 17.8 Å². The normalized spacial score (nSPS) is 11.2. The Kier molecular flexibility index (Phi) is 5.39. The van der Waals surface area contributed by atoms with Crippen LogP contribution in [0.15, 0.2) is 30.5 Å². The molecule has 2 rings (SSSR count). The van der Waals surface area contributed by atoms with Crippen LogP contribution in [-0.2, 0) is 4.74 Å². The van der Waals surface area contributed by atoms with Crippen molar-refractivity contribution in [3.05, 3.63) is 30.5 Å². The van der Waals surface area contributed by atoms with E-state index in [-0.39, 0.29) is 0 Å². The molecule has 21 heavy (non-hydrogen) atoms. The number of rotatable bonds is 7. The lowest BCUT2D eigenvalue weighted by Gasteiger charge is -2.33. The highest BCUT2D eigenvalue weighted by Gasteiger charge is 2.18. The SMILES string of the molecule is CCC(CC)N(CCOC)c1ccc(N)c2cccnc12. The summed E-state index contributed by atoms with van der Waals surface area (Å²) >= 11 is 0. The van der Waals surface area contributed by atoms with Crippen molar-refractivity contribution in [3.63, 3.8) is 0 Å². The number of nitrogen functional groups attached to an aromatic ring is 1. The van der Waals surface area contributed by atoms with E-state index >= 15 is 0 Å². The van der Waals surface area contributed by atoms with Crippen molar-refractivity contribution in [1.29, 1.82) is 0 Å². The molecule has 0 aliphatic rings. The first kappa shape index (κ1) is 15.6. The summed E-state index contributed by atoms with van der Waals surface area (Å²) in [5, 5.41) is 1.02. The Morgan fingerprint density at radius 1 is 1.24 bits per heavy atom. The minimum Gasteiger partial charge on any atom is -0.398 e. The van der Waals surface area contributed by atoms with Gasteiger partial charge in [-0.1, -0.05) is 13.8 Å². The lowest BCUT2D eigenvalue weighted by atomic mass is 10.1. The zero-order valence-electron chi connectivity index (χ0n) is 13.2. The molecule has 1 aromatic heterocycles. The molecule has 0 spiro atoms. The molecule has 2 aromatic rings. The molecule has 4 heteroatoms. The highest BCUT2D eigenvalue weighted by Crippen LogP contribution is 2.31. The number of hydrogen-bond acceptors (Lipinski definition) is 4. The maximum atomic E-state index is 6.08. The number of hydrogen-bond donors (Lipinski definition) is 1. The minimum atomic E-state index is 0.481. The van der Waals surface area contributed by atoms with Gasteiger partial charge in [0.2, 0.25) is 0 Å². The average molecular weight is 287 g/mol. The number of pyridine rings is 1. The second kappa shape index (κ2) is 7.27. The van der Waals surface area contributed by atoms with Gasteiger partial charge < -0.3 is 15.4 Å². The molecule has 1 heterocycles. The molecule has 0 unspecified atom stereocenters. The van der Waals surface area contributed by atoms with E-state index in [9.17, 15) is 0 Å². The maximum absolute atomic E-state index is 6.08. The van der Waals surface area contributed by atoms with Crippen molar-refractivity contribution < 1.29 is 4.74 Å². The van der Waals surface area contributed by atoms with Crippen molar-refractivity contribution in [2.75, 3.05) is 30.9 Å². The van der Waals surface area contributed by atoms with E-state index in [4.69, 9.17) is 10.5 Å². The molecule has 114 valence electrons. The van der Waals surface area contributed by atoms with Crippen molar-refractivity contribution in [2.24, 2.45) is 0 Å². The van der Waals surface area contributed by atoms with Crippen LogP contribution < -0.4 is 10.6 Å². The third-order valence-electron chi connectivity index (χ3n) is 4.01. The second-order valence-electron chi connectivity index (χ2n) is 5.23. The largest absolute Gasteiger partial charge is 0.398 e. The van der Waals surface area contributed by atoms with E-state index in [1.165, 1.54) is 0 Å². The van der Waals surface area contributed by atoms with Gasteiger partial charge in [0, 0.05) is 37.0 Å². The van der Waals surface area contributed by atoms with Gasteiger partial charge in [0.25, 0.3) is 0 Å². The molecule has 4 nitrogen and oxygen atoms in total. The Balaban J connectivity index is 2.51. The molecule has 0 fully saturated rings. The van der Waals surface area contributed by atoms with Crippen LogP contribution in [0.3, 0.4) is 0 Å². The third kappa shape index (κ3) is 3.27. The Bertz CT molecular complexity index is 581. The van der Waals surface area contributed by atoms with Crippen LogP contribution in [-0.4, -0.2) is 31.3 Å². The molecule has 2 N–H and O–H groups in total. The number of methoxy groups -OCH3 is 1. The molecular formula is C17H25N3O. The standard InChI is InChI=1S/C17H25N3O/c1-4-13(5-2)20(11-12-21-3)16-9-8-15(18)14-7-6-10-19-17(14)16/h6-10,13H,4-5,11-12,18H2,1-3H3. The highest BCUT2D eigenvalue weighted by molar-refractivity contribution is 5.98. The maximum Gasteiger partial charge on any atom is 0.0956 e. The van der Waals surface area contributed by atoms with Crippen LogP contribution in [0.2, 0.25) is 0 Å². The first-order valence-corrected chi connectivity index (χ1v) is 7.61. The second-order valence-corrected chi connectivity index (χ2v) is 5.23. The van der Waals surface area contributed by atoms with E-state index in [0.29, 0.717) is 12.6 Å². The first-order chi connectivity index (χ1) is 10.2.